The van der Waals surface area contributed by atoms with E-state index in [-0.39, 0.29) is 24.0 Å². The molecule has 5 nitrogen and oxygen atoms in total. The first-order valence-electron chi connectivity index (χ1n) is 6.50. The highest BCUT2D eigenvalue weighted by Gasteiger charge is 2.12. The van der Waals surface area contributed by atoms with Gasteiger partial charge < -0.3 is 19.7 Å². The minimum Gasteiger partial charge on any atom is -0.491 e. The second-order valence-electron chi connectivity index (χ2n) is 4.43. The molecule has 0 atom stereocenters. The van der Waals surface area contributed by atoms with Crippen LogP contribution in [0.15, 0.2) is 29.3 Å². The van der Waals surface area contributed by atoms with E-state index in [1.54, 1.807) is 7.11 Å². The molecule has 20 heavy (non-hydrogen) atoms. The van der Waals surface area contributed by atoms with Crippen LogP contribution >= 0.6 is 24.0 Å². The highest BCUT2D eigenvalue weighted by atomic mass is 127. The summed E-state index contributed by atoms with van der Waals surface area (Å²) >= 11 is 0. The smallest absolute Gasteiger partial charge is 0.194 e. The molecule has 1 aliphatic heterocycles. The van der Waals surface area contributed by atoms with Crippen molar-refractivity contribution in [2.45, 2.75) is 6.54 Å². The lowest BCUT2D eigenvalue weighted by Gasteiger charge is -2.16. The van der Waals surface area contributed by atoms with E-state index < -0.39 is 0 Å². The molecule has 6 heteroatoms. The van der Waals surface area contributed by atoms with Crippen molar-refractivity contribution in [2.75, 3.05) is 40.5 Å². The van der Waals surface area contributed by atoms with Crippen molar-refractivity contribution in [2.24, 2.45) is 4.99 Å². The van der Waals surface area contributed by atoms with Crippen LogP contribution < -0.4 is 10.1 Å². The van der Waals surface area contributed by atoms with E-state index in [9.17, 15) is 0 Å². The Morgan fingerprint density at radius 2 is 2.10 bits per heavy atom. The van der Waals surface area contributed by atoms with E-state index in [2.05, 4.69) is 21.3 Å². The summed E-state index contributed by atoms with van der Waals surface area (Å²) in [6.45, 7) is 3.72. The number of benzene rings is 1. The Morgan fingerprint density at radius 3 is 2.80 bits per heavy atom. The third-order valence-electron chi connectivity index (χ3n) is 3.01. The van der Waals surface area contributed by atoms with Gasteiger partial charge in [0.1, 0.15) is 12.4 Å². The van der Waals surface area contributed by atoms with Gasteiger partial charge in [0.25, 0.3) is 0 Å². The van der Waals surface area contributed by atoms with Gasteiger partial charge in [0.05, 0.1) is 13.2 Å². The van der Waals surface area contributed by atoms with Crippen molar-refractivity contribution in [3.05, 3.63) is 29.8 Å². The lowest BCUT2D eigenvalue weighted by molar-refractivity contribution is 0.145. The maximum atomic E-state index is 5.70. The van der Waals surface area contributed by atoms with Gasteiger partial charge in [0, 0.05) is 32.8 Å². The van der Waals surface area contributed by atoms with Crippen LogP contribution in [0.1, 0.15) is 5.56 Å². The number of hydrogen-bond acceptors (Lipinski definition) is 5. The number of halogens is 1. The summed E-state index contributed by atoms with van der Waals surface area (Å²) < 4.78 is 10.7. The number of para-hydroxylation sites is 1. The molecule has 0 aromatic heterocycles. The molecular formula is C14H22IN3O2. The van der Waals surface area contributed by atoms with E-state index in [1.165, 1.54) is 0 Å². The normalized spacial score (nSPS) is 13.7. The summed E-state index contributed by atoms with van der Waals surface area (Å²) in [6, 6.07) is 8.03. The van der Waals surface area contributed by atoms with Gasteiger partial charge in [-0.1, -0.05) is 18.2 Å². The minimum absolute atomic E-state index is 0. The van der Waals surface area contributed by atoms with Gasteiger partial charge in [-0.3, -0.25) is 4.99 Å². The van der Waals surface area contributed by atoms with Crippen LogP contribution in [0.25, 0.3) is 0 Å². The molecule has 0 amide bonds. The zero-order valence-electron chi connectivity index (χ0n) is 12.0. The zero-order chi connectivity index (χ0) is 13.5. The van der Waals surface area contributed by atoms with Gasteiger partial charge >= 0.3 is 0 Å². The monoisotopic (exact) mass is 391 g/mol. The fourth-order valence-corrected chi connectivity index (χ4v) is 1.92. The quantitative estimate of drug-likeness (QED) is 0.593. The molecular weight excluding hydrogens is 369 g/mol. The number of aliphatic imine (C=N–C) groups is 1. The number of likely N-dealkylation sites (N-methyl/N-ethyl adjacent to an activating group) is 1. The number of rotatable bonds is 6. The molecule has 0 fully saturated rings. The van der Waals surface area contributed by atoms with Gasteiger partial charge in [-0.2, -0.15) is 0 Å². The lowest BCUT2D eigenvalue weighted by Crippen LogP contribution is -2.35. The number of nitrogens with one attached hydrogen (secondary N) is 1. The molecule has 112 valence electrons. The van der Waals surface area contributed by atoms with Crippen LogP contribution in [0.3, 0.4) is 0 Å². The van der Waals surface area contributed by atoms with E-state index in [4.69, 9.17) is 9.47 Å². The summed E-state index contributed by atoms with van der Waals surface area (Å²) in [5, 5.41) is 3.34. The molecule has 1 aliphatic rings. The fraction of sp³-hybridized carbons (Fsp3) is 0.500. The molecule has 2 rings (SSSR count). The molecule has 1 N–H and O–H groups in total. The first-order valence-corrected chi connectivity index (χ1v) is 6.50. The molecule has 0 radical (unpaired) electrons. The molecule has 0 aliphatic carbocycles. The van der Waals surface area contributed by atoms with Crippen molar-refractivity contribution in [3.63, 3.8) is 0 Å². The number of guanidine groups is 1. The molecule has 1 aromatic carbocycles. The number of nitrogens with zero attached hydrogens (tertiary/aromatic N) is 2. The van der Waals surface area contributed by atoms with Gasteiger partial charge in [-0.05, 0) is 6.07 Å². The third kappa shape index (κ3) is 4.82. The van der Waals surface area contributed by atoms with E-state index in [0.717, 1.165) is 30.4 Å². The molecule has 0 saturated carbocycles. The Labute approximate surface area is 137 Å². The summed E-state index contributed by atoms with van der Waals surface area (Å²) in [6.07, 6.45) is 0. The third-order valence-corrected chi connectivity index (χ3v) is 3.01. The zero-order valence-corrected chi connectivity index (χ0v) is 14.3. The second-order valence-corrected chi connectivity index (χ2v) is 4.43. The standard InChI is InChI=1S/C14H21N3O2.HI/c1-17-8-7-15-14(17)16-11-12-5-3-4-6-13(12)19-10-9-18-2;/h3-6H,7-11H2,1-2H3,(H,15,16);1H. The van der Waals surface area contributed by atoms with E-state index in [1.807, 2.05) is 25.2 Å². The van der Waals surface area contributed by atoms with Crippen molar-refractivity contribution < 1.29 is 9.47 Å². The summed E-state index contributed by atoms with van der Waals surface area (Å²) in [7, 11) is 3.71. The van der Waals surface area contributed by atoms with Crippen molar-refractivity contribution in [1.29, 1.82) is 0 Å². The number of hydrogen-bond donors (Lipinski definition) is 1. The number of ether oxygens (including phenoxy) is 2. The largest absolute Gasteiger partial charge is 0.491 e. The van der Waals surface area contributed by atoms with Crippen LogP contribution in [0.5, 0.6) is 5.75 Å². The van der Waals surface area contributed by atoms with Crippen LogP contribution in [0.2, 0.25) is 0 Å². The molecule has 0 saturated heterocycles. The maximum absolute atomic E-state index is 5.70. The van der Waals surface area contributed by atoms with Crippen LogP contribution in [-0.4, -0.2) is 51.3 Å². The summed E-state index contributed by atoms with van der Waals surface area (Å²) in [4.78, 5) is 6.53. The van der Waals surface area contributed by atoms with E-state index in [0.29, 0.717) is 19.8 Å². The average molecular weight is 391 g/mol. The lowest BCUT2D eigenvalue weighted by atomic mass is 10.2. The van der Waals surface area contributed by atoms with Crippen LogP contribution in [0, 0.1) is 0 Å². The first-order chi connectivity index (χ1) is 9.31. The summed E-state index contributed by atoms with van der Waals surface area (Å²) in [5.74, 6) is 1.85. The van der Waals surface area contributed by atoms with Crippen molar-refractivity contribution in [3.8, 4) is 5.75 Å². The molecule has 1 heterocycles. The SMILES string of the molecule is COCCOc1ccccc1CNC1=NCCN1C.I. The van der Waals surface area contributed by atoms with Gasteiger partial charge in [-0.15, -0.1) is 24.0 Å². The van der Waals surface area contributed by atoms with Crippen molar-refractivity contribution >= 4 is 29.9 Å². The summed E-state index contributed by atoms with van der Waals surface area (Å²) in [5.41, 5.74) is 1.13. The predicted octanol–water partition coefficient (Wildman–Crippen LogP) is 1.72. The molecule has 0 bridgehead atoms. The highest BCUT2D eigenvalue weighted by molar-refractivity contribution is 14.0. The van der Waals surface area contributed by atoms with Crippen molar-refractivity contribution in [1.82, 2.24) is 10.2 Å². The van der Waals surface area contributed by atoms with Crippen LogP contribution in [0.4, 0.5) is 0 Å². The molecule has 0 spiro atoms. The van der Waals surface area contributed by atoms with Gasteiger partial charge in [0.15, 0.2) is 5.96 Å². The second kappa shape index (κ2) is 9.02. The predicted molar refractivity (Wildman–Crippen MR) is 91.0 cm³/mol. The Balaban J connectivity index is 0.00000200. The fourth-order valence-electron chi connectivity index (χ4n) is 1.92. The maximum Gasteiger partial charge on any atom is 0.194 e. The average Bonchev–Trinajstić information content (AvgIpc) is 2.83. The number of methoxy groups -OCH3 is 1. The Hall–Kier alpha value is -1.02. The molecule has 1 aromatic rings. The Kier molecular flexibility index (Phi) is 7.68. The van der Waals surface area contributed by atoms with Crippen LogP contribution in [-0.2, 0) is 11.3 Å². The topological polar surface area (TPSA) is 46.1 Å². The Bertz CT molecular complexity index is 440. The van der Waals surface area contributed by atoms with E-state index >= 15 is 0 Å². The first kappa shape index (κ1) is 17.0. The Morgan fingerprint density at radius 1 is 1.30 bits per heavy atom. The highest BCUT2D eigenvalue weighted by Crippen LogP contribution is 2.17. The van der Waals surface area contributed by atoms with Gasteiger partial charge in [0.2, 0.25) is 0 Å². The van der Waals surface area contributed by atoms with Gasteiger partial charge in [-0.25, -0.2) is 0 Å². The minimum atomic E-state index is 0. The molecule has 0 unspecified atom stereocenters.